The van der Waals surface area contributed by atoms with E-state index in [1.807, 2.05) is 12.1 Å². The Morgan fingerprint density at radius 1 is 1.38 bits per heavy atom. The topological polar surface area (TPSA) is 32.5 Å². The highest BCUT2D eigenvalue weighted by molar-refractivity contribution is 5.52. The fraction of sp³-hybridized carbons (Fsp3) is 0.538. The van der Waals surface area contributed by atoms with Crippen LogP contribution >= 0.6 is 0 Å². The lowest BCUT2D eigenvalue weighted by Crippen LogP contribution is -2.36. The molecule has 0 fully saturated rings. The molecule has 1 heterocycles. The lowest BCUT2D eigenvalue weighted by Gasteiger charge is -2.25. The van der Waals surface area contributed by atoms with E-state index >= 15 is 0 Å². The van der Waals surface area contributed by atoms with Crippen molar-refractivity contribution in [1.82, 2.24) is 9.80 Å². The highest BCUT2D eigenvalue weighted by atomic mass is 15.2. The van der Waals surface area contributed by atoms with Gasteiger partial charge >= 0.3 is 0 Å². The number of fused-ring (bicyclic) bond motifs is 1. The van der Waals surface area contributed by atoms with Crippen molar-refractivity contribution in [2.75, 3.05) is 26.4 Å². The van der Waals surface area contributed by atoms with Gasteiger partial charge in [-0.2, -0.15) is 0 Å². The average Bonchev–Trinajstić information content (AvgIpc) is 2.61. The Morgan fingerprint density at radius 3 is 2.75 bits per heavy atom. The number of likely N-dealkylation sites (N-methyl/N-ethyl adjacent to an activating group) is 1. The molecule has 16 heavy (non-hydrogen) atoms. The van der Waals surface area contributed by atoms with Crippen LogP contribution in [-0.2, 0) is 13.1 Å². The minimum Gasteiger partial charge on any atom is -0.398 e. The van der Waals surface area contributed by atoms with Gasteiger partial charge in [0.15, 0.2) is 0 Å². The van der Waals surface area contributed by atoms with Gasteiger partial charge in [0.1, 0.15) is 0 Å². The van der Waals surface area contributed by atoms with Crippen LogP contribution in [0.1, 0.15) is 18.1 Å². The molecule has 0 bridgehead atoms. The predicted molar refractivity (Wildman–Crippen MR) is 68.1 cm³/mol. The van der Waals surface area contributed by atoms with E-state index in [0.717, 1.165) is 25.3 Å². The molecule has 0 saturated carbocycles. The van der Waals surface area contributed by atoms with E-state index in [0.29, 0.717) is 6.04 Å². The van der Waals surface area contributed by atoms with E-state index in [1.54, 1.807) is 0 Å². The fourth-order valence-electron chi connectivity index (χ4n) is 2.18. The van der Waals surface area contributed by atoms with E-state index in [4.69, 9.17) is 5.73 Å². The summed E-state index contributed by atoms with van der Waals surface area (Å²) in [6.45, 7) is 5.40. The number of hydrogen-bond acceptors (Lipinski definition) is 3. The molecule has 88 valence electrons. The van der Waals surface area contributed by atoms with Crippen molar-refractivity contribution in [3.8, 4) is 0 Å². The maximum Gasteiger partial charge on any atom is 0.0363 e. The van der Waals surface area contributed by atoms with Crippen LogP contribution in [0.25, 0.3) is 0 Å². The van der Waals surface area contributed by atoms with Crippen molar-refractivity contribution in [3.63, 3.8) is 0 Å². The molecule has 0 spiro atoms. The first-order chi connectivity index (χ1) is 7.58. The highest BCUT2D eigenvalue weighted by Crippen LogP contribution is 2.27. The van der Waals surface area contributed by atoms with Gasteiger partial charge in [0.25, 0.3) is 0 Å². The zero-order valence-electron chi connectivity index (χ0n) is 10.4. The summed E-state index contributed by atoms with van der Waals surface area (Å²) < 4.78 is 0. The van der Waals surface area contributed by atoms with Gasteiger partial charge in [-0.15, -0.1) is 0 Å². The maximum absolute atomic E-state index is 5.99. The summed E-state index contributed by atoms with van der Waals surface area (Å²) >= 11 is 0. The summed E-state index contributed by atoms with van der Waals surface area (Å²) in [6.07, 6.45) is 0. The number of nitrogen functional groups attached to an aromatic ring is 1. The molecule has 1 aliphatic heterocycles. The second kappa shape index (κ2) is 4.44. The SMILES string of the molecule is CC(CN1Cc2cccc(N)c2C1)N(C)C. The van der Waals surface area contributed by atoms with Crippen molar-refractivity contribution in [1.29, 1.82) is 0 Å². The van der Waals surface area contributed by atoms with Crippen LogP contribution in [0.5, 0.6) is 0 Å². The van der Waals surface area contributed by atoms with Gasteiger partial charge in [0, 0.05) is 31.4 Å². The molecular formula is C13H21N3. The summed E-state index contributed by atoms with van der Waals surface area (Å²) in [5.74, 6) is 0. The number of rotatable bonds is 3. The molecule has 0 radical (unpaired) electrons. The van der Waals surface area contributed by atoms with Gasteiger partial charge in [-0.05, 0) is 38.2 Å². The van der Waals surface area contributed by atoms with E-state index in [2.05, 4.69) is 36.9 Å². The Kier molecular flexibility index (Phi) is 3.17. The predicted octanol–water partition coefficient (Wildman–Crippen LogP) is 1.53. The van der Waals surface area contributed by atoms with Crippen LogP contribution in [0.4, 0.5) is 5.69 Å². The van der Waals surface area contributed by atoms with Crippen LogP contribution in [0.2, 0.25) is 0 Å². The van der Waals surface area contributed by atoms with Crippen LogP contribution in [0, 0.1) is 0 Å². The normalized spacial score (nSPS) is 17.8. The van der Waals surface area contributed by atoms with E-state index in [9.17, 15) is 0 Å². The number of nitrogens with zero attached hydrogens (tertiary/aromatic N) is 2. The van der Waals surface area contributed by atoms with Crippen LogP contribution < -0.4 is 5.73 Å². The summed E-state index contributed by atoms with van der Waals surface area (Å²) in [5, 5.41) is 0. The Morgan fingerprint density at radius 2 is 2.12 bits per heavy atom. The third-order valence-corrected chi connectivity index (χ3v) is 3.49. The smallest absolute Gasteiger partial charge is 0.0363 e. The summed E-state index contributed by atoms with van der Waals surface area (Å²) in [5.41, 5.74) is 9.65. The van der Waals surface area contributed by atoms with Crippen LogP contribution in [0.15, 0.2) is 18.2 Å². The first-order valence-corrected chi connectivity index (χ1v) is 5.83. The molecule has 1 aromatic rings. The Balaban J connectivity index is 2.03. The van der Waals surface area contributed by atoms with Gasteiger partial charge in [0.2, 0.25) is 0 Å². The second-order valence-electron chi connectivity index (χ2n) is 4.97. The van der Waals surface area contributed by atoms with Crippen LogP contribution in [0.3, 0.4) is 0 Å². The quantitative estimate of drug-likeness (QED) is 0.783. The Bertz CT molecular complexity index is 373. The van der Waals surface area contributed by atoms with Crippen molar-refractivity contribution < 1.29 is 0 Å². The Hall–Kier alpha value is -1.06. The summed E-state index contributed by atoms with van der Waals surface area (Å²) in [6, 6.07) is 6.81. The van der Waals surface area contributed by atoms with Crippen molar-refractivity contribution in [2.45, 2.75) is 26.1 Å². The van der Waals surface area contributed by atoms with E-state index < -0.39 is 0 Å². The highest BCUT2D eigenvalue weighted by Gasteiger charge is 2.22. The largest absolute Gasteiger partial charge is 0.398 e. The maximum atomic E-state index is 5.99. The molecule has 0 saturated heterocycles. The average molecular weight is 219 g/mol. The van der Waals surface area contributed by atoms with Gasteiger partial charge in [0.05, 0.1) is 0 Å². The molecule has 1 unspecified atom stereocenters. The molecule has 3 nitrogen and oxygen atoms in total. The zero-order chi connectivity index (χ0) is 11.7. The zero-order valence-corrected chi connectivity index (χ0v) is 10.4. The standard InChI is InChI=1S/C13H21N3/c1-10(15(2)3)7-16-8-11-5-4-6-13(14)12(11)9-16/h4-6,10H,7-9,14H2,1-3H3. The number of benzene rings is 1. The lowest BCUT2D eigenvalue weighted by atomic mass is 10.1. The molecule has 1 aromatic carbocycles. The fourth-order valence-corrected chi connectivity index (χ4v) is 2.18. The number of nitrogens with two attached hydrogens (primary N) is 1. The summed E-state index contributed by atoms with van der Waals surface area (Å²) in [4.78, 5) is 4.72. The number of hydrogen-bond donors (Lipinski definition) is 1. The van der Waals surface area contributed by atoms with Crippen molar-refractivity contribution in [2.24, 2.45) is 0 Å². The van der Waals surface area contributed by atoms with E-state index in [1.165, 1.54) is 11.1 Å². The first kappa shape index (κ1) is 11.4. The Labute approximate surface area is 97.8 Å². The second-order valence-corrected chi connectivity index (χ2v) is 4.97. The van der Waals surface area contributed by atoms with Gasteiger partial charge in [-0.25, -0.2) is 0 Å². The third-order valence-electron chi connectivity index (χ3n) is 3.49. The van der Waals surface area contributed by atoms with Crippen molar-refractivity contribution >= 4 is 5.69 Å². The molecule has 0 aromatic heterocycles. The van der Waals surface area contributed by atoms with Gasteiger partial charge < -0.3 is 10.6 Å². The van der Waals surface area contributed by atoms with E-state index in [-0.39, 0.29) is 0 Å². The lowest BCUT2D eigenvalue weighted by molar-refractivity contribution is 0.195. The van der Waals surface area contributed by atoms with Gasteiger partial charge in [-0.3, -0.25) is 4.90 Å². The molecule has 0 aliphatic carbocycles. The third kappa shape index (κ3) is 2.20. The molecule has 2 N–H and O–H groups in total. The molecule has 3 heteroatoms. The van der Waals surface area contributed by atoms with Crippen LogP contribution in [-0.4, -0.2) is 36.5 Å². The molecule has 2 rings (SSSR count). The summed E-state index contributed by atoms with van der Waals surface area (Å²) in [7, 11) is 4.25. The minimum atomic E-state index is 0.579. The molecular weight excluding hydrogens is 198 g/mol. The molecule has 1 aliphatic rings. The first-order valence-electron chi connectivity index (χ1n) is 5.83. The minimum absolute atomic E-state index is 0.579. The molecule has 0 amide bonds. The van der Waals surface area contributed by atoms with Gasteiger partial charge in [-0.1, -0.05) is 12.1 Å². The monoisotopic (exact) mass is 219 g/mol. The van der Waals surface area contributed by atoms with Crippen molar-refractivity contribution in [3.05, 3.63) is 29.3 Å². The molecule has 1 atom stereocenters. The number of anilines is 1.